The van der Waals surface area contributed by atoms with E-state index in [9.17, 15) is 9.59 Å². The summed E-state index contributed by atoms with van der Waals surface area (Å²) in [5.41, 5.74) is 3.83. The van der Waals surface area contributed by atoms with E-state index < -0.39 is 6.04 Å². The average molecular weight is 483 g/mol. The van der Waals surface area contributed by atoms with Crippen molar-refractivity contribution >= 4 is 11.7 Å². The van der Waals surface area contributed by atoms with E-state index in [0.717, 1.165) is 35.4 Å². The number of rotatable bonds is 10. The minimum absolute atomic E-state index is 0.0560. The third-order valence-corrected chi connectivity index (χ3v) is 6.70. The van der Waals surface area contributed by atoms with Gasteiger partial charge in [0.2, 0.25) is 5.91 Å². The molecule has 0 saturated heterocycles. The van der Waals surface area contributed by atoms with Crippen LogP contribution in [-0.4, -0.2) is 38.5 Å². The molecule has 0 bridgehead atoms. The van der Waals surface area contributed by atoms with Gasteiger partial charge in [0, 0.05) is 37.1 Å². The first kappa shape index (κ1) is 23.5. The zero-order chi connectivity index (χ0) is 24.7. The molecule has 3 heterocycles. The Kier molecular flexibility index (Phi) is 7.21. The molecular weight excluding hydrogens is 452 g/mol. The molecule has 0 fully saturated rings. The SMILES string of the molecule is O=C(NCCCc1c[nH]cn1)[C@@H]1CCc2cnc(NCC(c3ccccc3)c3ccccc3)c(=O)n21. The van der Waals surface area contributed by atoms with Crippen LogP contribution in [0.3, 0.4) is 0 Å². The second-order valence-corrected chi connectivity index (χ2v) is 9.04. The number of carbonyl (C=O) groups is 1. The van der Waals surface area contributed by atoms with Gasteiger partial charge in [-0.1, -0.05) is 60.7 Å². The van der Waals surface area contributed by atoms with Crippen molar-refractivity contribution in [2.45, 2.75) is 37.6 Å². The molecule has 0 spiro atoms. The Morgan fingerprint density at radius 2 is 1.78 bits per heavy atom. The van der Waals surface area contributed by atoms with Crippen molar-refractivity contribution in [3.8, 4) is 0 Å². The number of aryl methyl sites for hydroxylation is 2. The monoisotopic (exact) mass is 482 g/mol. The second kappa shape index (κ2) is 11.0. The molecule has 1 amide bonds. The van der Waals surface area contributed by atoms with Gasteiger partial charge in [0.05, 0.1) is 12.0 Å². The molecule has 0 radical (unpaired) electrons. The van der Waals surface area contributed by atoms with E-state index in [1.165, 1.54) is 0 Å². The van der Waals surface area contributed by atoms with Gasteiger partial charge in [0.25, 0.3) is 5.56 Å². The lowest BCUT2D eigenvalue weighted by Gasteiger charge is -2.20. The lowest BCUT2D eigenvalue weighted by molar-refractivity contribution is -0.124. The number of nitrogens with zero attached hydrogens (tertiary/aromatic N) is 3. The molecule has 5 rings (SSSR count). The van der Waals surface area contributed by atoms with Crippen molar-refractivity contribution in [2.24, 2.45) is 0 Å². The van der Waals surface area contributed by atoms with Gasteiger partial charge in [-0.3, -0.25) is 14.2 Å². The number of anilines is 1. The van der Waals surface area contributed by atoms with E-state index in [-0.39, 0.29) is 23.2 Å². The van der Waals surface area contributed by atoms with Crippen molar-refractivity contribution < 1.29 is 4.79 Å². The Labute approximate surface area is 209 Å². The number of carbonyl (C=O) groups excluding carboxylic acids is 1. The zero-order valence-electron chi connectivity index (χ0n) is 20.1. The quantitative estimate of drug-likeness (QED) is 0.300. The number of aromatic amines is 1. The predicted molar refractivity (Wildman–Crippen MR) is 139 cm³/mol. The summed E-state index contributed by atoms with van der Waals surface area (Å²) in [5.74, 6) is 0.204. The molecular formula is C28H30N6O2. The third kappa shape index (κ3) is 5.22. The lowest BCUT2D eigenvalue weighted by atomic mass is 9.91. The number of imidazole rings is 1. The van der Waals surface area contributed by atoms with Crippen LogP contribution in [0.1, 0.15) is 47.3 Å². The predicted octanol–water partition coefficient (Wildman–Crippen LogP) is 3.45. The number of benzene rings is 2. The Morgan fingerprint density at radius 1 is 1.06 bits per heavy atom. The molecule has 1 atom stereocenters. The summed E-state index contributed by atoms with van der Waals surface area (Å²) in [4.78, 5) is 37.9. The van der Waals surface area contributed by atoms with E-state index >= 15 is 0 Å². The van der Waals surface area contributed by atoms with Crippen LogP contribution in [0.25, 0.3) is 0 Å². The van der Waals surface area contributed by atoms with Crippen molar-refractivity contribution in [1.29, 1.82) is 0 Å². The highest BCUT2D eigenvalue weighted by Gasteiger charge is 2.30. The molecule has 2 aromatic carbocycles. The summed E-state index contributed by atoms with van der Waals surface area (Å²) in [6.07, 6.45) is 8.05. The maximum absolute atomic E-state index is 13.4. The van der Waals surface area contributed by atoms with Gasteiger partial charge in [0.15, 0.2) is 5.82 Å². The second-order valence-electron chi connectivity index (χ2n) is 9.04. The van der Waals surface area contributed by atoms with Crippen LogP contribution >= 0.6 is 0 Å². The summed E-state index contributed by atoms with van der Waals surface area (Å²) in [6, 6.07) is 19.9. The molecule has 0 aliphatic carbocycles. The highest BCUT2D eigenvalue weighted by molar-refractivity contribution is 5.80. The first-order chi connectivity index (χ1) is 17.7. The molecule has 8 nitrogen and oxygen atoms in total. The molecule has 184 valence electrons. The molecule has 0 saturated carbocycles. The lowest BCUT2D eigenvalue weighted by Crippen LogP contribution is -2.37. The largest absolute Gasteiger partial charge is 0.365 e. The van der Waals surface area contributed by atoms with Crippen LogP contribution in [0.5, 0.6) is 0 Å². The highest BCUT2D eigenvalue weighted by Crippen LogP contribution is 2.26. The summed E-state index contributed by atoms with van der Waals surface area (Å²) >= 11 is 0. The first-order valence-electron chi connectivity index (χ1n) is 12.4. The van der Waals surface area contributed by atoms with Crippen LogP contribution in [-0.2, 0) is 17.6 Å². The van der Waals surface area contributed by atoms with E-state index in [0.29, 0.717) is 25.9 Å². The van der Waals surface area contributed by atoms with Crippen LogP contribution in [0.15, 0.2) is 84.2 Å². The number of H-pyrrole nitrogens is 1. The number of nitrogens with one attached hydrogen (secondary N) is 3. The van der Waals surface area contributed by atoms with Gasteiger partial charge in [-0.25, -0.2) is 9.97 Å². The third-order valence-electron chi connectivity index (χ3n) is 6.70. The van der Waals surface area contributed by atoms with Gasteiger partial charge in [-0.2, -0.15) is 0 Å². The van der Waals surface area contributed by atoms with Crippen LogP contribution in [0.4, 0.5) is 5.82 Å². The van der Waals surface area contributed by atoms with Crippen LogP contribution in [0, 0.1) is 0 Å². The summed E-state index contributed by atoms with van der Waals surface area (Å²) < 4.78 is 1.61. The Balaban J connectivity index is 1.28. The average Bonchev–Trinajstić information content (AvgIpc) is 3.60. The summed E-state index contributed by atoms with van der Waals surface area (Å²) in [5, 5.41) is 6.27. The maximum Gasteiger partial charge on any atom is 0.294 e. The molecule has 0 unspecified atom stereocenters. The minimum Gasteiger partial charge on any atom is -0.365 e. The number of amides is 1. The normalized spacial score (nSPS) is 14.5. The summed E-state index contributed by atoms with van der Waals surface area (Å²) in [6.45, 7) is 1.05. The Hall–Kier alpha value is -4.20. The fraction of sp³-hybridized carbons (Fsp3) is 0.286. The van der Waals surface area contributed by atoms with E-state index in [4.69, 9.17) is 0 Å². The standard InChI is InChI=1S/C28H30N6O2/c35-27(30-15-7-12-22-16-29-19-33-22)25-14-13-23-17-31-26(28(36)34(23)25)32-18-24(20-8-3-1-4-9-20)21-10-5-2-6-11-21/h1-6,8-11,16-17,19,24-25H,7,12-15,18H2,(H,29,33)(H,30,35)(H,31,32)/t25-/m0/s1. The van der Waals surface area contributed by atoms with Gasteiger partial charge in [-0.05, 0) is 36.8 Å². The molecule has 4 aromatic rings. The van der Waals surface area contributed by atoms with E-state index in [2.05, 4.69) is 49.9 Å². The van der Waals surface area contributed by atoms with Crippen molar-refractivity contribution in [2.75, 3.05) is 18.4 Å². The fourth-order valence-corrected chi connectivity index (χ4v) is 4.84. The van der Waals surface area contributed by atoms with Gasteiger partial charge in [-0.15, -0.1) is 0 Å². The molecule has 36 heavy (non-hydrogen) atoms. The van der Waals surface area contributed by atoms with E-state index in [1.807, 2.05) is 42.6 Å². The van der Waals surface area contributed by atoms with E-state index in [1.54, 1.807) is 17.1 Å². The minimum atomic E-state index is -0.513. The molecule has 1 aliphatic heterocycles. The zero-order valence-corrected chi connectivity index (χ0v) is 20.1. The molecule has 1 aliphatic rings. The number of aromatic nitrogens is 4. The number of hydrogen-bond donors (Lipinski definition) is 3. The summed E-state index contributed by atoms with van der Waals surface area (Å²) in [7, 11) is 0. The van der Waals surface area contributed by atoms with Crippen LogP contribution < -0.4 is 16.2 Å². The maximum atomic E-state index is 13.4. The van der Waals surface area contributed by atoms with Crippen molar-refractivity contribution in [3.63, 3.8) is 0 Å². The molecule has 8 heteroatoms. The fourth-order valence-electron chi connectivity index (χ4n) is 4.84. The van der Waals surface area contributed by atoms with Crippen LogP contribution in [0.2, 0.25) is 0 Å². The smallest absolute Gasteiger partial charge is 0.294 e. The number of fused-ring (bicyclic) bond motifs is 1. The van der Waals surface area contributed by atoms with Crippen molar-refractivity contribution in [1.82, 2.24) is 24.8 Å². The van der Waals surface area contributed by atoms with Gasteiger partial charge >= 0.3 is 0 Å². The topological polar surface area (TPSA) is 105 Å². The molecule has 3 N–H and O–H groups in total. The first-order valence-corrected chi connectivity index (χ1v) is 12.4. The molecule has 2 aromatic heterocycles. The Bertz CT molecular complexity index is 1300. The Morgan fingerprint density at radius 3 is 2.44 bits per heavy atom. The van der Waals surface area contributed by atoms with Crippen molar-refractivity contribution in [3.05, 3.63) is 112 Å². The number of hydrogen-bond acceptors (Lipinski definition) is 5. The van der Waals surface area contributed by atoms with Gasteiger partial charge < -0.3 is 15.6 Å². The van der Waals surface area contributed by atoms with Gasteiger partial charge in [0.1, 0.15) is 6.04 Å². The highest BCUT2D eigenvalue weighted by atomic mass is 16.2.